The number of hydrogen-bond donors (Lipinski definition) is 3. The van der Waals surface area contributed by atoms with Gasteiger partial charge in [0, 0.05) is 11.3 Å². The number of nitrogen functional groups attached to an aromatic ring is 1. The highest BCUT2D eigenvalue weighted by Gasteiger charge is 2.09. The lowest BCUT2D eigenvalue weighted by Crippen LogP contribution is -2.13. The maximum absolute atomic E-state index is 5.46. The van der Waals surface area contributed by atoms with Crippen molar-refractivity contribution in [3.63, 3.8) is 0 Å². The van der Waals surface area contributed by atoms with E-state index in [1.54, 1.807) is 0 Å². The first kappa shape index (κ1) is 14.1. The topological polar surface area (TPSA) is 85.1 Å². The maximum Gasteiger partial charge on any atom is 0.148 e. The highest BCUT2D eigenvalue weighted by Crippen LogP contribution is 2.24. The van der Waals surface area contributed by atoms with Crippen LogP contribution in [-0.2, 0) is 6.42 Å². The SMILES string of the molecule is CCOc1ccc(Nc2ncnc(NN)c2CC)cc1. The van der Waals surface area contributed by atoms with Crippen molar-refractivity contribution in [1.29, 1.82) is 0 Å². The van der Waals surface area contributed by atoms with Gasteiger partial charge in [-0.1, -0.05) is 6.92 Å². The monoisotopic (exact) mass is 273 g/mol. The Hall–Kier alpha value is -2.34. The van der Waals surface area contributed by atoms with Crippen molar-refractivity contribution in [1.82, 2.24) is 9.97 Å². The van der Waals surface area contributed by atoms with E-state index in [1.807, 2.05) is 38.1 Å². The second-order valence-corrected chi connectivity index (χ2v) is 4.13. The lowest BCUT2D eigenvalue weighted by atomic mass is 10.2. The van der Waals surface area contributed by atoms with Gasteiger partial charge in [-0.3, -0.25) is 0 Å². The van der Waals surface area contributed by atoms with E-state index in [2.05, 4.69) is 20.7 Å². The number of nitrogens with two attached hydrogens (primary N) is 1. The standard InChI is InChI=1S/C14H19N5O/c1-3-12-13(16-9-17-14(12)19-15)18-10-5-7-11(8-6-10)20-4-2/h5-9H,3-4,15H2,1-2H3,(H2,16,17,18,19). The average molecular weight is 273 g/mol. The normalized spacial score (nSPS) is 10.2. The molecule has 20 heavy (non-hydrogen) atoms. The summed E-state index contributed by atoms with van der Waals surface area (Å²) in [6, 6.07) is 7.73. The van der Waals surface area contributed by atoms with Crippen LogP contribution in [0.25, 0.3) is 0 Å². The van der Waals surface area contributed by atoms with Gasteiger partial charge in [-0.15, -0.1) is 0 Å². The van der Waals surface area contributed by atoms with E-state index < -0.39 is 0 Å². The van der Waals surface area contributed by atoms with E-state index >= 15 is 0 Å². The first-order valence-corrected chi connectivity index (χ1v) is 6.58. The number of benzene rings is 1. The van der Waals surface area contributed by atoms with Gasteiger partial charge < -0.3 is 15.5 Å². The molecule has 0 bridgehead atoms. The minimum Gasteiger partial charge on any atom is -0.494 e. The fourth-order valence-corrected chi connectivity index (χ4v) is 1.92. The second-order valence-electron chi connectivity index (χ2n) is 4.13. The fraction of sp³-hybridized carbons (Fsp3) is 0.286. The van der Waals surface area contributed by atoms with E-state index in [4.69, 9.17) is 10.6 Å². The van der Waals surface area contributed by atoms with Gasteiger partial charge >= 0.3 is 0 Å². The van der Waals surface area contributed by atoms with Crippen LogP contribution in [0.4, 0.5) is 17.3 Å². The zero-order valence-electron chi connectivity index (χ0n) is 11.7. The minimum absolute atomic E-state index is 0.635. The first-order chi connectivity index (χ1) is 9.78. The largest absolute Gasteiger partial charge is 0.494 e. The Morgan fingerprint density at radius 3 is 2.40 bits per heavy atom. The lowest BCUT2D eigenvalue weighted by Gasteiger charge is -2.13. The Balaban J connectivity index is 2.21. The van der Waals surface area contributed by atoms with Crippen LogP contribution in [0.1, 0.15) is 19.4 Å². The maximum atomic E-state index is 5.46. The third kappa shape index (κ3) is 3.16. The average Bonchev–Trinajstić information content (AvgIpc) is 2.49. The number of nitrogens with zero attached hydrogens (tertiary/aromatic N) is 2. The molecule has 0 atom stereocenters. The second kappa shape index (κ2) is 6.72. The smallest absolute Gasteiger partial charge is 0.148 e. The summed E-state index contributed by atoms with van der Waals surface area (Å²) in [5.41, 5.74) is 4.47. The first-order valence-electron chi connectivity index (χ1n) is 6.58. The zero-order valence-corrected chi connectivity index (χ0v) is 11.7. The van der Waals surface area contributed by atoms with Crippen molar-refractivity contribution in [3.8, 4) is 5.75 Å². The molecule has 0 unspecified atom stereocenters. The molecule has 0 amide bonds. The van der Waals surface area contributed by atoms with Crippen molar-refractivity contribution in [3.05, 3.63) is 36.2 Å². The molecule has 1 aromatic heterocycles. The van der Waals surface area contributed by atoms with E-state index in [1.165, 1.54) is 6.33 Å². The molecule has 6 heteroatoms. The molecule has 2 aromatic rings. The summed E-state index contributed by atoms with van der Waals surface area (Å²) in [5, 5.41) is 3.27. The van der Waals surface area contributed by atoms with Crippen molar-refractivity contribution in [2.45, 2.75) is 20.3 Å². The molecule has 0 spiro atoms. The van der Waals surface area contributed by atoms with Gasteiger partial charge in [-0.2, -0.15) is 0 Å². The Labute approximate surface area is 118 Å². The molecule has 0 saturated heterocycles. The highest BCUT2D eigenvalue weighted by molar-refractivity contribution is 5.64. The molecule has 106 valence electrons. The van der Waals surface area contributed by atoms with Gasteiger partial charge in [0.25, 0.3) is 0 Å². The van der Waals surface area contributed by atoms with Crippen LogP contribution in [0.2, 0.25) is 0 Å². The Kier molecular flexibility index (Phi) is 4.73. The highest BCUT2D eigenvalue weighted by atomic mass is 16.5. The number of anilines is 3. The quantitative estimate of drug-likeness (QED) is 0.554. The molecule has 0 fully saturated rings. The van der Waals surface area contributed by atoms with Gasteiger partial charge in [0.05, 0.1) is 6.61 Å². The summed E-state index contributed by atoms with van der Waals surface area (Å²) < 4.78 is 5.41. The van der Waals surface area contributed by atoms with Crippen LogP contribution in [0, 0.1) is 0 Å². The molecule has 0 aliphatic heterocycles. The Morgan fingerprint density at radius 1 is 1.10 bits per heavy atom. The van der Waals surface area contributed by atoms with E-state index in [0.717, 1.165) is 29.2 Å². The molecule has 0 aliphatic carbocycles. The summed E-state index contributed by atoms with van der Waals surface area (Å²) in [6.45, 7) is 4.65. The summed E-state index contributed by atoms with van der Waals surface area (Å²) in [4.78, 5) is 8.36. The molecular weight excluding hydrogens is 254 g/mol. The number of hydrazine groups is 1. The Morgan fingerprint density at radius 2 is 1.80 bits per heavy atom. The van der Waals surface area contributed by atoms with Gasteiger partial charge in [-0.25, -0.2) is 15.8 Å². The number of aromatic nitrogens is 2. The van der Waals surface area contributed by atoms with Crippen molar-refractivity contribution in [2.24, 2.45) is 5.84 Å². The molecule has 1 heterocycles. The predicted octanol–water partition coefficient (Wildman–Crippen LogP) is 2.47. The number of ether oxygens (including phenoxy) is 1. The number of hydrogen-bond acceptors (Lipinski definition) is 6. The zero-order chi connectivity index (χ0) is 14.4. The summed E-state index contributed by atoms with van der Waals surface area (Å²) in [7, 11) is 0. The van der Waals surface area contributed by atoms with Crippen LogP contribution < -0.4 is 21.3 Å². The van der Waals surface area contributed by atoms with Crippen molar-refractivity contribution >= 4 is 17.3 Å². The van der Waals surface area contributed by atoms with Gasteiger partial charge in [-0.05, 0) is 37.6 Å². The summed E-state index contributed by atoms with van der Waals surface area (Å²) >= 11 is 0. The van der Waals surface area contributed by atoms with Crippen molar-refractivity contribution < 1.29 is 4.74 Å². The molecule has 6 nitrogen and oxygen atoms in total. The molecule has 2 rings (SSSR count). The van der Waals surface area contributed by atoms with E-state index in [9.17, 15) is 0 Å². The van der Waals surface area contributed by atoms with E-state index in [-0.39, 0.29) is 0 Å². The molecule has 4 N–H and O–H groups in total. The van der Waals surface area contributed by atoms with Crippen LogP contribution in [0.3, 0.4) is 0 Å². The molecule has 1 aromatic carbocycles. The van der Waals surface area contributed by atoms with Crippen LogP contribution >= 0.6 is 0 Å². The Bertz CT molecular complexity index is 556. The summed E-state index contributed by atoms with van der Waals surface area (Å²) in [5.74, 6) is 7.69. The fourth-order valence-electron chi connectivity index (χ4n) is 1.92. The molecule has 0 aliphatic rings. The molecule has 0 saturated carbocycles. The third-order valence-electron chi connectivity index (χ3n) is 2.86. The van der Waals surface area contributed by atoms with E-state index in [0.29, 0.717) is 12.4 Å². The summed E-state index contributed by atoms with van der Waals surface area (Å²) in [6.07, 6.45) is 2.25. The van der Waals surface area contributed by atoms with Crippen molar-refractivity contribution in [2.75, 3.05) is 17.3 Å². The minimum atomic E-state index is 0.635. The van der Waals surface area contributed by atoms with Crippen LogP contribution in [-0.4, -0.2) is 16.6 Å². The number of nitrogens with one attached hydrogen (secondary N) is 2. The van der Waals surface area contributed by atoms with Gasteiger partial charge in [0.15, 0.2) is 0 Å². The van der Waals surface area contributed by atoms with Gasteiger partial charge in [0.1, 0.15) is 23.7 Å². The third-order valence-corrected chi connectivity index (χ3v) is 2.86. The van der Waals surface area contributed by atoms with Crippen LogP contribution in [0.5, 0.6) is 5.75 Å². The molecular formula is C14H19N5O. The lowest BCUT2D eigenvalue weighted by molar-refractivity contribution is 0.340. The molecule has 0 radical (unpaired) electrons. The predicted molar refractivity (Wildman–Crippen MR) is 80.1 cm³/mol. The van der Waals surface area contributed by atoms with Crippen LogP contribution in [0.15, 0.2) is 30.6 Å². The van der Waals surface area contributed by atoms with Gasteiger partial charge in [0.2, 0.25) is 0 Å². The number of rotatable bonds is 6.